The van der Waals surface area contributed by atoms with Crippen molar-refractivity contribution in [3.63, 3.8) is 0 Å². The summed E-state index contributed by atoms with van der Waals surface area (Å²) in [5.74, 6) is 0.381. The molecule has 6 heteroatoms. The zero-order valence-electron chi connectivity index (χ0n) is 12.9. The van der Waals surface area contributed by atoms with Crippen LogP contribution in [0.5, 0.6) is 0 Å². The molecule has 0 saturated carbocycles. The molecule has 114 valence electrons. The first-order chi connectivity index (χ1) is 10.5. The molecule has 2 heterocycles. The van der Waals surface area contributed by atoms with Crippen LogP contribution in [0.25, 0.3) is 10.8 Å². The molecule has 5 nitrogen and oxygen atoms in total. The minimum absolute atomic E-state index is 0.00198. The van der Waals surface area contributed by atoms with Gasteiger partial charge in [0.15, 0.2) is 0 Å². The molecule has 0 aliphatic carbocycles. The van der Waals surface area contributed by atoms with Gasteiger partial charge in [0.05, 0.1) is 0 Å². The summed E-state index contributed by atoms with van der Waals surface area (Å²) >= 11 is -0.676. The van der Waals surface area contributed by atoms with Gasteiger partial charge in [-0.3, -0.25) is 0 Å². The summed E-state index contributed by atoms with van der Waals surface area (Å²) < 4.78 is 3.69. The fourth-order valence-corrected chi connectivity index (χ4v) is 4.85. The van der Waals surface area contributed by atoms with E-state index < -0.39 is 15.8 Å². The van der Waals surface area contributed by atoms with Crippen LogP contribution in [0.2, 0.25) is 0 Å². The average molecular weight is 358 g/mol. The third kappa shape index (κ3) is 3.00. The Morgan fingerprint density at radius 2 is 2.00 bits per heavy atom. The van der Waals surface area contributed by atoms with E-state index in [1.165, 1.54) is 0 Å². The molecular formula is C16H19AsN4O. The summed E-state index contributed by atoms with van der Waals surface area (Å²) in [5, 5.41) is 13.7. The predicted molar refractivity (Wildman–Crippen MR) is 90.6 cm³/mol. The molecule has 0 spiro atoms. The second-order valence-electron chi connectivity index (χ2n) is 5.84. The Kier molecular flexibility index (Phi) is 4.16. The number of rotatable bonds is 4. The Morgan fingerprint density at radius 3 is 2.64 bits per heavy atom. The van der Waals surface area contributed by atoms with Crippen LogP contribution in [-0.2, 0) is 6.54 Å². The SMILES string of the molecule is Cc1cc([AsH]c2nn(CC(C)C)c(=O)c3ccccc23)n[nH]1. The zero-order chi connectivity index (χ0) is 15.7. The number of benzene rings is 1. The monoisotopic (exact) mass is 358 g/mol. The Morgan fingerprint density at radius 1 is 1.27 bits per heavy atom. The third-order valence-corrected chi connectivity index (χ3v) is 5.70. The van der Waals surface area contributed by atoms with E-state index in [0.29, 0.717) is 12.5 Å². The van der Waals surface area contributed by atoms with Crippen LogP contribution in [-0.4, -0.2) is 35.7 Å². The molecule has 2 aromatic heterocycles. The van der Waals surface area contributed by atoms with Crippen molar-refractivity contribution in [2.45, 2.75) is 27.3 Å². The van der Waals surface area contributed by atoms with Gasteiger partial charge in [0.25, 0.3) is 0 Å². The third-order valence-electron chi connectivity index (χ3n) is 3.36. The standard InChI is InChI=1S/C16H19AsN4O/c1-10(2)9-21-16(22)13-7-5-4-6-12(13)15(20-21)17-14-8-11(3)18-19-14/h4-8,10,17H,9H2,1-3H3,(H,18,19). The number of H-pyrrole nitrogens is 1. The molecule has 0 aliphatic heterocycles. The first kappa shape index (κ1) is 15.0. The second-order valence-corrected chi connectivity index (χ2v) is 8.43. The van der Waals surface area contributed by atoms with Crippen LogP contribution in [0.1, 0.15) is 19.5 Å². The van der Waals surface area contributed by atoms with Crippen molar-refractivity contribution >= 4 is 35.5 Å². The van der Waals surface area contributed by atoms with Crippen molar-refractivity contribution in [3.05, 3.63) is 46.4 Å². The number of nitrogens with one attached hydrogen (secondary N) is 1. The Labute approximate surface area is 135 Å². The van der Waals surface area contributed by atoms with Gasteiger partial charge >= 0.3 is 135 Å². The summed E-state index contributed by atoms with van der Waals surface area (Å²) in [7, 11) is 0. The van der Waals surface area contributed by atoms with E-state index in [1.807, 2.05) is 31.2 Å². The van der Waals surface area contributed by atoms with Crippen LogP contribution in [0, 0.1) is 12.8 Å². The topological polar surface area (TPSA) is 63.6 Å². The van der Waals surface area contributed by atoms with Crippen molar-refractivity contribution in [2.75, 3.05) is 0 Å². The molecule has 1 unspecified atom stereocenters. The molecule has 0 saturated heterocycles. The predicted octanol–water partition coefficient (Wildman–Crippen LogP) is 0.471. The van der Waals surface area contributed by atoms with Crippen LogP contribution in [0.4, 0.5) is 0 Å². The quantitative estimate of drug-likeness (QED) is 0.690. The fraction of sp³-hybridized carbons (Fsp3) is 0.312. The molecule has 0 aliphatic rings. The van der Waals surface area contributed by atoms with E-state index in [0.717, 1.165) is 25.4 Å². The van der Waals surface area contributed by atoms with Crippen LogP contribution in [0.15, 0.2) is 35.1 Å². The van der Waals surface area contributed by atoms with E-state index in [-0.39, 0.29) is 5.56 Å². The molecule has 22 heavy (non-hydrogen) atoms. The van der Waals surface area contributed by atoms with Crippen LogP contribution in [0.3, 0.4) is 0 Å². The Balaban J connectivity index is 2.14. The number of fused-ring (bicyclic) bond motifs is 1. The maximum atomic E-state index is 12.6. The summed E-state index contributed by atoms with van der Waals surface area (Å²) in [6.07, 6.45) is 0. The molecule has 0 fully saturated rings. The van der Waals surface area contributed by atoms with Gasteiger partial charge in [0.2, 0.25) is 0 Å². The van der Waals surface area contributed by atoms with Crippen molar-refractivity contribution in [2.24, 2.45) is 5.92 Å². The first-order valence-electron chi connectivity index (χ1n) is 7.33. The number of aryl methyl sites for hydroxylation is 1. The number of hydrogen-bond acceptors (Lipinski definition) is 3. The van der Waals surface area contributed by atoms with Gasteiger partial charge in [-0.25, -0.2) is 0 Å². The van der Waals surface area contributed by atoms with Gasteiger partial charge in [-0.15, -0.1) is 0 Å². The Hall–Kier alpha value is -1.87. The number of hydrogen-bond donors (Lipinski definition) is 1. The molecule has 1 N–H and O–H groups in total. The number of aromatic amines is 1. The average Bonchev–Trinajstić information content (AvgIpc) is 2.89. The minimum atomic E-state index is -0.676. The van der Waals surface area contributed by atoms with Gasteiger partial charge in [-0.1, -0.05) is 0 Å². The second kappa shape index (κ2) is 6.09. The van der Waals surface area contributed by atoms with Gasteiger partial charge in [0.1, 0.15) is 0 Å². The summed E-state index contributed by atoms with van der Waals surface area (Å²) in [6.45, 7) is 6.82. The zero-order valence-corrected chi connectivity index (χ0v) is 15.0. The van der Waals surface area contributed by atoms with Gasteiger partial charge in [-0.2, -0.15) is 0 Å². The van der Waals surface area contributed by atoms with Crippen molar-refractivity contribution < 1.29 is 0 Å². The molecular weight excluding hydrogens is 339 g/mol. The maximum absolute atomic E-state index is 12.6. The number of aromatic nitrogens is 4. The van der Waals surface area contributed by atoms with Crippen molar-refractivity contribution in [1.82, 2.24) is 20.0 Å². The van der Waals surface area contributed by atoms with Crippen LogP contribution >= 0.6 is 0 Å². The summed E-state index contributed by atoms with van der Waals surface area (Å²) in [5.41, 5.74) is 1.05. The van der Waals surface area contributed by atoms with E-state index in [1.54, 1.807) is 4.68 Å². The van der Waals surface area contributed by atoms with Gasteiger partial charge < -0.3 is 0 Å². The summed E-state index contributed by atoms with van der Waals surface area (Å²) in [6, 6.07) is 9.81. The fourth-order valence-electron chi connectivity index (χ4n) is 2.40. The Bertz CT molecular complexity index is 866. The van der Waals surface area contributed by atoms with Crippen LogP contribution < -0.4 is 14.5 Å². The number of nitrogens with zero attached hydrogens (tertiary/aromatic N) is 3. The van der Waals surface area contributed by atoms with Gasteiger partial charge in [0, 0.05) is 0 Å². The molecule has 0 amide bonds. The molecule has 0 radical (unpaired) electrons. The van der Waals surface area contributed by atoms with E-state index in [4.69, 9.17) is 0 Å². The molecule has 3 rings (SSSR count). The molecule has 1 atom stereocenters. The van der Waals surface area contributed by atoms with Gasteiger partial charge in [-0.05, 0) is 0 Å². The normalized spacial score (nSPS) is 12.0. The molecule has 0 bridgehead atoms. The first-order valence-corrected chi connectivity index (χ1v) is 9.43. The van der Waals surface area contributed by atoms with Crippen molar-refractivity contribution in [1.29, 1.82) is 0 Å². The van der Waals surface area contributed by atoms with E-state index in [9.17, 15) is 4.79 Å². The summed E-state index contributed by atoms with van der Waals surface area (Å²) in [4.78, 5) is 12.6. The molecule has 1 aromatic carbocycles. The van der Waals surface area contributed by atoms with E-state index in [2.05, 4.69) is 35.2 Å². The van der Waals surface area contributed by atoms with Crippen molar-refractivity contribution in [3.8, 4) is 0 Å². The van der Waals surface area contributed by atoms with E-state index >= 15 is 0 Å². The molecule has 3 aromatic rings.